The second kappa shape index (κ2) is 8.44. The minimum atomic E-state index is -1.09. The van der Waals surface area contributed by atoms with Gasteiger partial charge in [-0.05, 0) is 30.7 Å². The van der Waals surface area contributed by atoms with Crippen LogP contribution in [0.25, 0.3) is 10.2 Å². The molecule has 0 spiro atoms. The smallest absolute Gasteiger partial charge is 0.326 e. The lowest BCUT2D eigenvalue weighted by atomic mass is 10.2. The van der Waals surface area contributed by atoms with E-state index in [4.69, 9.17) is 9.47 Å². The number of methoxy groups -OCH3 is 2. The van der Waals surface area contributed by atoms with E-state index in [1.807, 2.05) is 0 Å². The minimum absolute atomic E-state index is 0.103. The molecular weight excluding hydrogens is 399 g/mol. The highest BCUT2D eigenvalue weighted by Gasteiger charge is 2.23. The summed E-state index contributed by atoms with van der Waals surface area (Å²) in [6.45, 7) is 1.70. The Hall–Kier alpha value is -3.20. The number of carbonyl (C=O) groups excluding carboxylic acids is 1. The fourth-order valence-corrected chi connectivity index (χ4v) is 4.03. The molecule has 3 rings (SSSR count). The molecule has 0 saturated carbocycles. The molecule has 0 saturated heterocycles. The monoisotopic (exact) mass is 418 g/mol. The number of rotatable bonds is 6. The zero-order valence-corrected chi connectivity index (χ0v) is 16.8. The van der Waals surface area contributed by atoms with Crippen LogP contribution in [0.5, 0.6) is 11.5 Å². The van der Waals surface area contributed by atoms with Gasteiger partial charge in [-0.2, -0.15) is 4.99 Å². The van der Waals surface area contributed by atoms with Crippen LogP contribution >= 0.6 is 11.3 Å². The molecule has 0 aliphatic rings. The number of ether oxygens (including phenoxy) is 2. The molecule has 0 radical (unpaired) electrons. The lowest BCUT2D eigenvalue weighted by molar-refractivity contribution is -0.140. The van der Waals surface area contributed by atoms with Gasteiger partial charge in [-0.3, -0.25) is 4.79 Å². The molecular formula is C20H19FN2O5S. The van der Waals surface area contributed by atoms with Crippen molar-refractivity contribution >= 4 is 33.4 Å². The Kier molecular flexibility index (Phi) is 5.97. The molecule has 7 nitrogen and oxygen atoms in total. The Morgan fingerprint density at radius 3 is 2.41 bits per heavy atom. The van der Waals surface area contributed by atoms with Crippen LogP contribution in [0.4, 0.5) is 4.39 Å². The summed E-state index contributed by atoms with van der Waals surface area (Å²) in [4.78, 5) is 28.8. The first kappa shape index (κ1) is 20.5. The lowest BCUT2D eigenvalue weighted by Gasteiger charge is -2.13. The van der Waals surface area contributed by atoms with Crippen molar-refractivity contribution in [3.05, 3.63) is 52.6 Å². The summed E-state index contributed by atoms with van der Waals surface area (Å²) in [6.07, 6.45) is 0.242. The lowest BCUT2D eigenvalue weighted by Crippen LogP contribution is -2.27. The standard InChI is InChI=1S/C20H19FN2O5S/c1-4-15(19(25)26)23-16-7-5-6-14(21)17(16)29-20(23)22-18(24)11-8-12(27-2)10-13(9-11)28-3/h5-10,15H,4H2,1-3H3,(H,25,26). The van der Waals surface area contributed by atoms with Crippen LogP contribution in [0.3, 0.4) is 0 Å². The number of benzene rings is 2. The maximum atomic E-state index is 14.3. The fourth-order valence-electron chi connectivity index (χ4n) is 2.96. The van der Waals surface area contributed by atoms with Gasteiger partial charge in [0.25, 0.3) is 5.91 Å². The Balaban J connectivity index is 2.23. The Labute approximate surface area is 169 Å². The van der Waals surface area contributed by atoms with E-state index in [0.717, 1.165) is 11.3 Å². The maximum Gasteiger partial charge on any atom is 0.326 e. The number of aromatic nitrogens is 1. The zero-order valence-electron chi connectivity index (χ0n) is 16.0. The second-order valence-corrected chi connectivity index (χ2v) is 7.10. The predicted octanol–water partition coefficient (Wildman–Crippen LogP) is 3.64. The third-order valence-electron chi connectivity index (χ3n) is 4.38. The number of nitrogens with zero attached hydrogens (tertiary/aromatic N) is 2. The molecule has 1 N–H and O–H groups in total. The highest BCUT2D eigenvalue weighted by atomic mass is 32.1. The summed E-state index contributed by atoms with van der Waals surface area (Å²) in [5, 5.41) is 9.62. The number of carbonyl (C=O) groups is 2. The van der Waals surface area contributed by atoms with Gasteiger partial charge in [-0.25, -0.2) is 9.18 Å². The first-order valence-corrected chi connectivity index (χ1v) is 9.55. The number of carboxylic acid groups (broad SMARTS) is 1. The molecule has 1 atom stereocenters. The summed E-state index contributed by atoms with van der Waals surface area (Å²) in [5.74, 6) is -1.39. The predicted molar refractivity (Wildman–Crippen MR) is 106 cm³/mol. The maximum absolute atomic E-state index is 14.3. The summed E-state index contributed by atoms with van der Waals surface area (Å²) in [7, 11) is 2.92. The van der Waals surface area contributed by atoms with E-state index in [-0.39, 0.29) is 21.5 Å². The van der Waals surface area contributed by atoms with Gasteiger partial charge in [-0.1, -0.05) is 24.3 Å². The zero-order chi connectivity index (χ0) is 21.1. The molecule has 152 valence electrons. The quantitative estimate of drug-likeness (QED) is 0.660. The van der Waals surface area contributed by atoms with E-state index >= 15 is 0 Å². The third kappa shape index (κ3) is 4.00. The molecule has 2 aromatic carbocycles. The molecule has 3 aromatic rings. The highest BCUT2D eigenvalue weighted by Crippen LogP contribution is 2.26. The second-order valence-electron chi connectivity index (χ2n) is 6.12. The average Bonchev–Trinajstić information content (AvgIpc) is 3.07. The minimum Gasteiger partial charge on any atom is -0.497 e. The van der Waals surface area contributed by atoms with Crippen LogP contribution in [0.1, 0.15) is 29.7 Å². The van der Waals surface area contributed by atoms with Crippen LogP contribution in [0, 0.1) is 5.82 Å². The molecule has 1 heterocycles. The molecule has 0 fully saturated rings. The Bertz CT molecular complexity index is 1130. The average molecular weight is 418 g/mol. The van der Waals surface area contributed by atoms with Crippen molar-refractivity contribution in [3.8, 4) is 11.5 Å². The van der Waals surface area contributed by atoms with Crippen molar-refractivity contribution in [2.75, 3.05) is 14.2 Å². The normalized spacial score (nSPS) is 12.8. The molecule has 1 aromatic heterocycles. The highest BCUT2D eigenvalue weighted by molar-refractivity contribution is 7.16. The van der Waals surface area contributed by atoms with Crippen molar-refractivity contribution in [1.29, 1.82) is 0 Å². The molecule has 0 aliphatic carbocycles. The van der Waals surface area contributed by atoms with Gasteiger partial charge in [0.1, 0.15) is 23.4 Å². The van der Waals surface area contributed by atoms with Crippen molar-refractivity contribution in [3.63, 3.8) is 0 Å². The number of carboxylic acids is 1. The summed E-state index contributed by atoms with van der Waals surface area (Å²) in [6, 6.07) is 8.01. The van der Waals surface area contributed by atoms with Gasteiger partial charge in [-0.15, -0.1) is 0 Å². The molecule has 0 bridgehead atoms. The summed E-state index contributed by atoms with van der Waals surface area (Å²) in [5.41, 5.74) is 0.577. The SMILES string of the molecule is CCC(C(=O)O)n1c(=NC(=O)c2cc(OC)cc(OC)c2)sc2c(F)cccc21. The number of thiazole rings is 1. The van der Waals surface area contributed by atoms with Gasteiger partial charge >= 0.3 is 5.97 Å². The van der Waals surface area contributed by atoms with E-state index in [1.165, 1.54) is 43.1 Å². The largest absolute Gasteiger partial charge is 0.497 e. The number of halogens is 1. The Morgan fingerprint density at radius 2 is 1.86 bits per heavy atom. The number of fused-ring (bicyclic) bond motifs is 1. The topological polar surface area (TPSA) is 90.1 Å². The number of amides is 1. The van der Waals surface area contributed by atoms with E-state index in [0.29, 0.717) is 17.0 Å². The molecule has 9 heteroatoms. The van der Waals surface area contributed by atoms with Gasteiger partial charge < -0.3 is 19.1 Å². The fraction of sp³-hybridized carbons (Fsp3) is 0.250. The van der Waals surface area contributed by atoms with E-state index in [2.05, 4.69) is 4.99 Å². The first-order valence-electron chi connectivity index (χ1n) is 8.74. The van der Waals surface area contributed by atoms with Crippen LogP contribution in [0.15, 0.2) is 41.4 Å². The van der Waals surface area contributed by atoms with Crippen molar-refractivity contribution < 1.29 is 28.6 Å². The van der Waals surface area contributed by atoms with Gasteiger partial charge in [0, 0.05) is 11.6 Å². The first-order chi connectivity index (χ1) is 13.9. The van der Waals surface area contributed by atoms with Gasteiger partial charge in [0.2, 0.25) is 0 Å². The van der Waals surface area contributed by atoms with Crippen LogP contribution in [-0.4, -0.2) is 35.8 Å². The summed E-state index contributed by atoms with van der Waals surface area (Å²) >= 11 is 0.929. The van der Waals surface area contributed by atoms with E-state index < -0.39 is 23.7 Å². The van der Waals surface area contributed by atoms with Crippen molar-refractivity contribution in [2.45, 2.75) is 19.4 Å². The number of hydrogen-bond acceptors (Lipinski definition) is 5. The van der Waals surface area contributed by atoms with Crippen LogP contribution < -0.4 is 14.3 Å². The van der Waals surface area contributed by atoms with Gasteiger partial charge in [0.15, 0.2) is 4.80 Å². The van der Waals surface area contributed by atoms with E-state index in [9.17, 15) is 19.1 Å². The van der Waals surface area contributed by atoms with Crippen LogP contribution in [-0.2, 0) is 4.79 Å². The Morgan fingerprint density at radius 1 is 1.21 bits per heavy atom. The van der Waals surface area contributed by atoms with Crippen molar-refractivity contribution in [1.82, 2.24) is 4.57 Å². The number of hydrogen-bond donors (Lipinski definition) is 1. The van der Waals surface area contributed by atoms with E-state index in [1.54, 1.807) is 19.1 Å². The molecule has 29 heavy (non-hydrogen) atoms. The molecule has 1 unspecified atom stereocenters. The third-order valence-corrected chi connectivity index (χ3v) is 5.46. The van der Waals surface area contributed by atoms with Gasteiger partial charge in [0.05, 0.1) is 24.4 Å². The van der Waals surface area contributed by atoms with Crippen LogP contribution in [0.2, 0.25) is 0 Å². The molecule has 0 aliphatic heterocycles. The van der Waals surface area contributed by atoms with Crippen molar-refractivity contribution in [2.24, 2.45) is 4.99 Å². The number of aliphatic carboxylic acids is 1. The summed E-state index contributed by atoms with van der Waals surface area (Å²) < 4.78 is 26.3. The molecule has 1 amide bonds.